The third-order valence-electron chi connectivity index (χ3n) is 4.57. The minimum atomic E-state index is -0.537. The summed E-state index contributed by atoms with van der Waals surface area (Å²) in [6.07, 6.45) is 2.65. The van der Waals surface area contributed by atoms with Crippen molar-refractivity contribution in [3.63, 3.8) is 0 Å². The maximum Gasteiger partial charge on any atom is 0.105 e. The van der Waals surface area contributed by atoms with Crippen molar-refractivity contribution in [2.24, 2.45) is 0 Å². The van der Waals surface area contributed by atoms with Crippen LogP contribution < -0.4 is 0 Å². The van der Waals surface area contributed by atoms with E-state index >= 15 is 0 Å². The monoisotopic (exact) mass is 612 g/mol. The number of rotatable bonds is 2. The van der Waals surface area contributed by atoms with Crippen molar-refractivity contribution in [2.45, 2.75) is 46.1 Å². The van der Waals surface area contributed by atoms with E-state index in [1.807, 2.05) is 18.3 Å². The van der Waals surface area contributed by atoms with Gasteiger partial charge in [0.25, 0.3) is 0 Å². The summed E-state index contributed by atoms with van der Waals surface area (Å²) < 4.78 is 1.19. The number of hydrogen-bond acceptors (Lipinski definition) is 5. The maximum atomic E-state index is 8.49. The molecule has 1 unspecified atom stereocenters. The molecule has 0 saturated heterocycles. The Bertz CT molecular complexity index is 1170. The molecule has 4 rings (SSSR count). The molecule has 0 bridgehead atoms. The Morgan fingerprint density at radius 1 is 1.19 bits per heavy atom. The number of aromatic nitrogens is 2. The van der Waals surface area contributed by atoms with Crippen molar-refractivity contribution in [2.75, 3.05) is 0 Å². The number of benzene rings is 1. The normalized spacial score (nSPS) is 12.8. The summed E-state index contributed by atoms with van der Waals surface area (Å²) in [4.78, 5) is 9.35. The van der Waals surface area contributed by atoms with Crippen molar-refractivity contribution in [1.29, 1.82) is 0 Å². The number of hydrogen-bond donors (Lipinski definition) is 2. The minimum Gasteiger partial charge on any atom is -0.513 e. The van der Waals surface area contributed by atoms with Crippen molar-refractivity contribution in [1.82, 2.24) is 9.97 Å². The summed E-state index contributed by atoms with van der Waals surface area (Å²) in [5, 5.41) is 20.2. The Hall–Kier alpha value is -2.11. The van der Waals surface area contributed by atoms with Crippen LogP contribution >= 0.6 is 11.3 Å². The zero-order valence-electron chi connectivity index (χ0n) is 18.3. The Labute approximate surface area is 201 Å². The second-order valence-electron chi connectivity index (χ2n) is 8.28. The van der Waals surface area contributed by atoms with E-state index in [9.17, 15) is 0 Å². The number of fused-ring (bicyclic) bond motifs is 3. The third kappa shape index (κ3) is 6.20. The summed E-state index contributed by atoms with van der Waals surface area (Å²) in [7, 11) is 0. The van der Waals surface area contributed by atoms with Crippen LogP contribution in [0, 0.1) is 6.07 Å². The van der Waals surface area contributed by atoms with E-state index in [4.69, 9.17) is 15.2 Å². The van der Waals surface area contributed by atoms with Crippen LogP contribution in [0.15, 0.2) is 59.8 Å². The fourth-order valence-corrected chi connectivity index (χ4v) is 4.02. The van der Waals surface area contributed by atoms with Gasteiger partial charge in [-0.25, -0.2) is 0 Å². The summed E-state index contributed by atoms with van der Waals surface area (Å²) >= 11 is 1.72. The van der Waals surface area contributed by atoms with E-state index in [1.54, 1.807) is 18.3 Å². The molecule has 0 aliphatic rings. The standard InChI is InChI=1S/C20H17N2S.C5H10O2.Ir/c1-20(2,3)14-8-6-13(7-9-14)17-15-10-12-23-19(15)18-16(22-17)5-4-11-21-18;1-4(6)3-5(2)7;/h4-6,8-12H,1-3H3;3-4,6-7H,1-2H3;/q-1;;. The van der Waals surface area contributed by atoms with Gasteiger partial charge in [0.15, 0.2) is 0 Å². The number of allylic oxidation sites excluding steroid dienone is 1. The molecule has 6 heteroatoms. The van der Waals surface area contributed by atoms with Gasteiger partial charge >= 0.3 is 0 Å². The summed E-state index contributed by atoms with van der Waals surface area (Å²) in [6.45, 7) is 9.75. The van der Waals surface area contributed by atoms with Crippen LogP contribution in [0.3, 0.4) is 0 Å². The number of aliphatic hydroxyl groups is 2. The average molecular weight is 612 g/mol. The van der Waals surface area contributed by atoms with E-state index < -0.39 is 6.10 Å². The van der Waals surface area contributed by atoms with Crippen molar-refractivity contribution < 1.29 is 30.3 Å². The summed E-state index contributed by atoms with van der Waals surface area (Å²) in [5.74, 6) is 0.162. The summed E-state index contributed by atoms with van der Waals surface area (Å²) in [6, 6.07) is 15.9. The van der Waals surface area contributed by atoms with Crippen molar-refractivity contribution in [3.8, 4) is 11.3 Å². The van der Waals surface area contributed by atoms with Crippen LogP contribution in [0.1, 0.15) is 40.2 Å². The smallest absolute Gasteiger partial charge is 0.105 e. The SMILES string of the molecule is CC(C)(C)c1c[c-]c(-c2nc3cccnc3c3sccc23)cc1.CC(O)=CC(C)O.[Ir]. The molecule has 1 radical (unpaired) electrons. The van der Waals surface area contributed by atoms with Gasteiger partial charge in [0, 0.05) is 26.3 Å². The second kappa shape index (κ2) is 10.5. The molecule has 0 aliphatic carbocycles. The van der Waals surface area contributed by atoms with Crippen LogP contribution in [0.25, 0.3) is 32.4 Å². The van der Waals surface area contributed by atoms with Crippen LogP contribution in [0.5, 0.6) is 0 Å². The molecule has 4 aromatic rings. The zero-order valence-corrected chi connectivity index (χ0v) is 21.5. The van der Waals surface area contributed by atoms with E-state index in [0.29, 0.717) is 0 Å². The van der Waals surface area contributed by atoms with Crippen LogP contribution in [-0.4, -0.2) is 26.3 Å². The van der Waals surface area contributed by atoms with Gasteiger partial charge < -0.3 is 10.2 Å². The predicted molar refractivity (Wildman–Crippen MR) is 126 cm³/mol. The zero-order chi connectivity index (χ0) is 21.9. The molecular formula is C25H27IrN2O2S-. The number of aliphatic hydroxyl groups excluding tert-OH is 2. The summed E-state index contributed by atoms with van der Waals surface area (Å²) in [5.41, 5.74) is 5.35. The molecule has 0 amide bonds. The maximum absolute atomic E-state index is 8.49. The van der Waals surface area contributed by atoms with Crippen LogP contribution in [0.2, 0.25) is 0 Å². The van der Waals surface area contributed by atoms with E-state index in [-0.39, 0.29) is 31.3 Å². The molecule has 31 heavy (non-hydrogen) atoms. The Kier molecular flexibility index (Phi) is 8.49. The van der Waals surface area contributed by atoms with Crippen molar-refractivity contribution >= 4 is 32.5 Å². The first-order chi connectivity index (χ1) is 14.2. The van der Waals surface area contributed by atoms with Crippen LogP contribution in [-0.2, 0) is 25.5 Å². The quantitative estimate of drug-likeness (QED) is 0.202. The topological polar surface area (TPSA) is 66.2 Å². The Balaban J connectivity index is 0.000000373. The van der Waals surface area contributed by atoms with Gasteiger partial charge in [0.2, 0.25) is 0 Å². The Morgan fingerprint density at radius 3 is 2.48 bits per heavy atom. The van der Waals surface area contributed by atoms with Gasteiger partial charge in [-0.3, -0.25) is 9.97 Å². The third-order valence-corrected chi connectivity index (χ3v) is 5.49. The molecular weight excluding hydrogens is 585 g/mol. The van der Waals surface area contributed by atoms with E-state index in [2.05, 4.69) is 61.5 Å². The largest absolute Gasteiger partial charge is 0.513 e. The average Bonchev–Trinajstić information content (AvgIpc) is 3.16. The molecule has 4 nitrogen and oxygen atoms in total. The molecule has 1 aromatic carbocycles. The molecule has 1 atom stereocenters. The second-order valence-corrected chi connectivity index (χ2v) is 9.20. The molecule has 0 saturated carbocycles. The first-order valence-electron chi connectivity index (χ1n) is 9.87. The van der Waals surface area contributed by atoms with E-state index in [1.165, 1.54) is 23.3 Å². The van der Waals surface area contributed by atoms with Gasteiger partial charge in [-0.15, -0.1) is 46.7 Å². The van der Waals surface area contributed by atoms with Gasteiger partial charge in [0.1, 0.15) is 5.52 Å². The predicted octanol–water partition coefficient (Wildman–Crippen LogP) is 6.44. The fourth-order valence-electron chi connectivity index (χ4n) is 3.11. The Morgan fingerprint density at radius 2 is 1.94 bits per heavy atom. The van der Waals surface area contributed by atoms with Crippen LogP contribution in [0.4, 0.5) is 0 Å². The fraction of sp³-hybridized carbons (Fsp3) is 0.280. The van der Waals surface area contributed by atoms with Crippen molar-refractivity contribution in [3.05, 3.63) is 71.4 Å². The van der Waals surface area contributed by atoms with Gasteiger partial charge in [0.05, 0.1) is 22.1 Å². The molecule has 2 N–H and O–H groups in total. The molecule has 3 aromatic heterocycles. The minimum absolute atomic E-state index is 0. The van der Waals surface area contributed by atoms with Gasteiger partial charge in [-0.05, 0) is 53.9 Å². The first-order valence-corrected chi connectivity index (χ1v) is 10.7. The van der Waals surface area contributed by atoms with Gasteiger partial charge in [-0.2, -0.15) is 0 Å². The first kappa shape index (κ1) is 25.2. The number of nitrogens with zero attached hydrogens (tertiary/aromatic N) is 2. The molecule has 0 fully saturated rings. The molecule has 3 heterocycles. The van der Waals surface area contributed by atoms with E-state index in [0.717, 1.165) is 27.7 Å². The number of thiophene rings is 1. The molecule has 0 spiro atoms. The van der Waals surface area contributed by atoms with Gasteiger partial charge in [-0.1, -0.05) is 26.8 Å². The number of pyridine rings is 2. The molecule has 0 aliphatic heterocycles. The molecule has 165 valence electrons.